The lowest BCUT2D eigenvalue weighted by atomic mass is 10.2. The molecule has 1 heterocycles. The maximum absolute atomic E-state index is 5.62. The van der Waals surface area contributed by atoms with Crippen molar-refractivity contribution in [3.8, 4) is 11.5 Å². The summed E-state index contributed by atoms with van der Waals surface area (Å²) >= 11 is 4.95. The zero-order valence-corrected chi connectivity index (χ0v) is 11.9. The van der Waals surface area contributed by atoms with Crippen LogP contribution in [0, 0.1) is 0 Å². The summed E-state index contributed by atoms with van der Waals surface area (Å²) in [6.07, 6.45) is 3.09. The molecule has 0 aliphatic heterocycles. The van der Waals surface area contributed by atoms with E-state index in [4.69, 9.17) is 27.4 Å². The molecule has 2 aromatic rings. The highest BCUT2D eigenvalue weighted by Gasteiger charge is 2.11. The van der Waals surface area contributed by atoms with Gasteiger partial charge in [0.1, 0.15) is 22.2 Å². The van der Waals surface area contributed by atoms with E-state index in [2.05, 4.69) is 15.3 Å². The van der Waals surface area contributed by atoms with Crippen molar-refractivity contribution in [2.45, 2.75) is 0 Å². The molecular formula is C13H14N4O2S. The lowest BCUT2D eigenvalue weighted by Gasteiger charge is -2.13. The Balaban J connectivity index is 2.37. The Labute approximate surface area is 121 Å². The standard InChI is InChI=1S/C13H14N4O2S/c1-18-8-3-4-9(10(7-8)19-2)17-13-11(12(14)20)15-5-6-16-13/h3-7H,1-2H3,(H2,14,20)(H,16,17). The fraction of sp³-hybridized carbons (Fsp3) is 0.154. The molecule has 0 aliphatic carbocycles. The molecule has 1 aromatic heterocycles. The minimum atomic E-state index is 0.174. The first-order chi connectivity index (χ1) is 9.65. The van der Waals surface area contributed by atoms with Gasteiger partial charge in [0.25, 0.3) is 0 Å². The van der Waals surface area contributed by atoms with Crippen LogP contribution in [0.2, 0.25) is 0 Å². The molecule has 3 N–H and O–H groups in total. The number of aromatic nitrogens is 2. The third-order valence-corrected chi connectivity index (χ3v) is 2.79. The average molecular weight is 290 g/mol. The van der Waals surface area contributed by atoms with Crippen molar-refractivity contribution in [2.75, 3.05) is 19.5 Å². The smallest absolute Gasteiger partial charge is 0.159 e. The first kappa shape index (κ1) is 14.0. The van der Waals surface area contributed by atoms with E-state index in [9.17, 15) is 0 Å². The maximum atomic E-state index is 5.62. The Hall–Kier alpha value is -2.41. The summed E-state index contributed by atoms with van der Waals surface area (Å²) in [4.78, 5) is 8.47. The number of nitrogens with one attached hydrogen (secondary N) is 1. The van der Waals surface area contributed by atoms with Crippen LogP contribution in [0.25, 0.3) is 0 Å². The summed E-state index contributed by atoms with van der Waals surface area (Å²) in [5.41, 5.74) is 6.77. The number of rotatable bonds is 5. The molecule has 20 heavy (non-hydrogen) atoms. The molecular weight excluding hydrogens is 276 g/mol. The fourth-order valence-electron chi connectivity index (χ4n) is 1.64. The number of hydrogen-bond donors (Lipinski definition) is 2. The van der Waals surface area contributed by atoms with Crippen LogP contribution in [-0.4, -0.2) is 29.2 Å². The molecule has 0 radical (unpaired) electrons. The molecule has 1 aromatic carbocycles. The average Bonchev–Trinajstić information content (AvgIpc) is 2.48. The van der Waals surface area contributed by atoms with Gasteiger partial charge in [-0.15, -0.1) is 0 Å². The van der Waals surface area contributed by atoms with Gasteiger partial charge in [-0.2, -0.15) is 0 Å². The van der Waals surface area contributed by atoms with Crippen molar-refractivity contribution in [1.82, 2.24) is 9.97 Å². The zero-order chi connectivity index (χ0) is 14.5. The number of benzene rings is 1. The first-order valence-corrected chi connectivity index (χ1v) is 6.16. The van der Waals surface area contributed by atoms with Crippen molar-refractivity contribution < 1.29 is 9.47 Å². The van der Waals surface area contributed by atoms with Crippen molar-refractivity contribution in [3.05, 3.63) is 36.3 Å². The summed E-state index contributed by atoms with van der Waals surface area (Å²) in [6.45, 7) is 0. The molecule has 0 amide bonds. The fourth-order valence-corrected chi connectivity index (χ4v) is 1.79. The molecule has 2 rings (SSSR count). The number of nitrogens with two attached hydrogens (primary N) is 1. The third kappa shape index (κ3) is 2.94. The van der Waals surface area contributed by atoms with Gasteiger partial charge in [0, 0.05) is 18.5 Å². The van der Waals surface area contributed by atoms with Crippen LogP contribution in [0.3, 0.4) is 0 Å². The Kier molecular flexibility index (Phi) is 4.31. The van der Waals surface area contributed by atoms with Gasteiger partial charge < -0.3 is 20.5 Å². The van der Waals surface area contributed by atoms with E-state index >= 15 is 0 Å². The molecule has 0 atom stereocenters. The summed E-state index contributed by atoms with van der Waals surface area (Å²) in [5, 5.41) is 3.10. The van der Waals surface area contributed by atoms with E-state index in [0.29, 0.717) is 28.7 Å². The highest BCUT2D eigenvalue weighted by molar-refractivity contribution is 7.80. The second-order valence-corrected chi connectivity index (χ2v) is 4.25. The third-order valence-electron chi connectivity index (χ3n) is 2.59. The monoisotopic (exact) mass is 290 g/mol. The molecule has 7 heteroatoms. The largest absolute Gasteiger partial charge is 0.497 e. The van der Waals surface area contributed by atoms with Crippen molar-refractivity contribution >= 4 is 28.7 Å². The SMILES string of the molecule is COc1ccc(Nc2nccnc2C(N)=S)c(OC)c1. The summed E-state index contributed by atoms with van der Waals surface area (Å²) in [5.74, 6) is 1.79. The predicted molar refractivity (Wildman–Crippen MR) is 80.7 cm³/mol. The Morgan fingerprint density at radius 3 is 2.60 bits per heavy atom. The second kappa shape index (κ2) is 6.16. The molecule has 0 saturated heterocycles. The number of anilines is 2. The van der Waals surface area contributed by atoms with Crippen LogP contribution < -0.4 is 20.5 Å². The molecule has 0 bridgehead atoms. The van der Waals surface area contributed by atoms with Crippen LogP contribution in [0.5, 0.6) is 11.5 Å². The number of nitrogens with zero attached hydrogens (tertiary/aromatic N) is 2. The highest BCUT2D eigenvalue weighted by atomic mass is 32.1. The summed E-state index contributed by atoms with van der Waals surface area (Å²) in [6, 6.07) is 5.39. The number of methoxy groups -OCH3 is 2. The number of hydrogen-bond acceptors (Lipinski definition) is 6. The Morgan fingerprint density at radius 2 is 1.95 bits per heavy atom. The molecule has 0 aliphatic rings. The van der Waals surface area contributed by atoms with Crippen LogP contribution in [0.4, 0.5) is 11.5 Å². The van der Waals surface area contributed by atoms with Gasteiger partial charge in [0.05, 0.1) is 19.9 Å². The van der Waals surface area contributed by atoms with Gasteiger partial charge in [-0.3, -0.25) is 0 Å². The Morgan fingerprint density at radius 1 is 1.20 bits per heavy atom. The molecule has 0 saturated carbocycles. The van der Waals surface area contributed by atoms with Gasteiger partial charge in [0.15, 0.2) is 5.82 Å². The van der Waals surface area contributed by atoms with Crippen LogP contribution in [0.1, 0.15) is 5.69 Å². The highest BCUT2D eigenvalue weighted by Crippen LogP contribution is 2.31. The minimum Gasteiger partial charge on any atom is -0.497 e. The quantitative estimate of drug-likeness (QED) is 0.813. The van der Waals surface area contributed by atoms with E-state index in [1.54, 1.807) is 26.5 Å². The van der Waals surface area contributed by atoms with Gasteiger partial charge in [-0.25, -0.2) is 9.97 Å². The van der Waals surface area contributed by atoms with E-state index in [-0.39, 0.29) is 4.99 Å². The lowest BCUT2D eigenvalue weighted by Crippen LogP contribution is -2.15. The van der Waals surface area contributed by atoms with Gasteiger partial charge >= 0.3 is 0 Å². The number of thiocarbonyl (C=S) groups is 1. The van der Waals surface area contributed by atoms with Gasteiger partial charge in [0.2, 0.25) is 0 Å². The molecule has 0 fully saturated rings. The van der Waals surface area contributed by atoms with Crippen LogP contribution >= 0.6 is 12.2 Å². The molecule has 6 nitrogen and oxygen atoms in total. The van der Waals surface area contributed by atoms with Crippen LogP contribution in [0.15, 0.2) is 30.6 Å². The number of ether oxygens (including phenoxy) is 2. The first-order valence-electron chi connectivity index (χ1n) is 5.75. The minimum absolute atomic E-state index is 0.174. The van der Waals surface area contributed by atoms with Crippen LogP contribution in [-0.2, 0) is 0 Å². The van der Waals surface area contributed by atoms with Gasteiger partial charge in [-0.05, 0) is 12.1 Å². The molecule has 0 spiro atoms. The summed E-state index contributed by atoms with van der Waals surface area (Å²) in [7, 11) is 3.17. The lowest BCUT2D eigenvalue weighted by molar-refractivity contribution is 0.395. The van der Waals surface area contributed by atoms with E-state index in [1.165, 1.54) is 6.20 Å². The van der Waals surface area contributed by atoms with Crippen molar-refractivity contribution in [1.29, 1.82) is 0 Å². The van der Waals surface area contributed by atoms with E-state index < -0.39 is 0 Å². The van der Waals surface area contributed by atoms with E-state index in [1.807, 2.05) is 12.1 Å². The van der Waals surface area contributed by atoms with E-state index in [0.717, 1.165) is 0 Å². The summed E-state index contributed by atoms with van der Waals surface area (Å²) < 4.78 is 10.5. The maximum Gasteiger partial charge on any atom is 0.159 e. The van der Waals surface area contributed by atoms with Crippen molar-refractivity contribution in [2.24, 2.45) is 5.73 Å². The van der Waals surface area contributed by atoms with Gasteiger partial charge in [-0.1, -0.05) is 12.2 Å². The molecule has 0 unspecified atom stereocenters. The normalized spacial score (nSPS) is 9.90. The van der Waals surface area contributed by atoms with Crippen molar-refractivity contribution in [3.63, 3.8) is 0 Å². The Bertz CT molecular complexity index is 634. The topological polar surface area (TPSA) is 82.3 Å². The second-order valence-electron chi connectivity index (χ2n) is 3.81. The molecule has 104 valence electrons. The zero-order valence-electron chi connectivity index (χ0n) is 11.1. The predicted octanol–water partition coefficient (Wildman–Crippen LogP) is 1.87.